The number of rotatable bonds is 5. The molecule has 3 aliphatic carbocycles. The number of para-hydroxylation sites is 1. The van der Waals surface area contributed by atoms with Crippen LogP contribution in [0, 0.1) is 0 Å². The Morgan fingerprint density at radius 2 is 1.58 bits per heavy atom. The van der Waals surface area contributed by atoms with Crippen LogP contribution < -0.4 is 14.8 Å². The number of hydrogen-bond donors (Lipinski definition) is 0. The predicted octanol–water partition coefficient (Wildman–Crippen LogP) is 10.3. The Morgan fingerprint density at radius 1 is 0.720 bits per heavy atom. The van der Waals surface area contributed by atoms with Crippen molar-refractivity contribution in [2.24, 2.45) is 0 Å². The molecule has 5 aromatic carbocycles. The van der Waals surface area contributed by atoms with Crippen molar-refractivity contribution in [3.05, 3.63) is 168 Å². The van der Waals surface area contributed by atoms with Crippen LogP contribution in [0.15, 0.2) is 156 Å². The molecule has 0 radical (unpaired) electrons. The van der Waals surface area contributed by atoms with E-state index in [1.165, 1.54) is 65.6 Å². The van der Waals surface area contributed by atoms with E-state index >= 15 is 0 Å². The summed E-state index contributed by atoms with van der Waals surface area (Å²) in [5, 5.41) is 4.55. The zero-order valence-corrected chi connectivity index (χ0v) is 31.1. The summed E-state index contributed by atoms with van der Waals surface area (Å²) in [7, 11) is 1.02. The number of fused-ring (bicyclic) bond motifs is 7. The minimum Gasteiger partial charge on any atom is -0.487 e. The second-order valence-electron chi connectivity index (χ2n) is 14.2. The van der Waals surface area contributed by atoms with Crippen LogP contribution in [0.4, 0.5) is 11.4 Å². The van der Waals surface area contributed by atoms with Crippen LogP contribution in [0.25, 0.3) is 27.5 Å². The summed E-state index contributed by atoms with van der Waals surface area (Å²) in [5.74, 6) is 1.85. The zero-order valence-electron chi connectivity index (χ0n) is 28.3. The van der Waals surface area contributed by atoms with Gasteiger partial charge in [-0.2, -0.15) is 0 Å². The van der Waals surface area contributed by atoms with Crippen LogP contribution in [0.1, 0.15) is 54.2 Å². The van der Waals surface area contributed by atoms with Crippen LogP contribution in [0.3, 0.4) is 0 Å². The van der Waals surface area contributed by atoms with Gasteiger partial charge in [-0.15, -0.1) is 11.8 Å². The van der Waals surface area contributed by atoms with E-state index in [0.717, 1.165) is 47.4 Å². The van der Waals surface area contributed by atoms with Gasteiger partial charge in [0.15, 0.2) is 0 Å². The van der Waals surface area contributed by atoms with E-state index in [0.29, 0.717) is 17.1 Å². The van der Waals surface area contributed by atoms with E-state index in [-0.39, 0.29) is 6.10 Å². The number of allylic oxidation sites excluding steroid dienone is 8. The van der Waals surface area contributed by atoms with E-state index in [1.54, 1.807) is 0 Å². The minimum absolute atomic E-state index is 0.221. The van der Waals surface area contributed by atoms with Crippen molar-refractivity contribution < 1.29 is 4.74 Å². The topological polar surface area (TPSA) is 12.5 Å². The van der Waals surface area contributed by atoms with Gasteiger partial charge in [0.25, 0.3) is 0 Å². The van der Waals surface area contributed by atoms with Crippen molar-refractivity contribution in [1.29, 1.82) is 0 Å². The van der Waals surface area contributed by atoms with E-state index < -0.39 is 0 Å². The number of ether oxygens (including phenoxy) is 1. The first-order valence-corrected chi connectivity index (χ1v) is 20.0. The van der Waals surface area contributed by atoms with Crippen LogP contribution in [0.2, 0.25) is 0 Å². The largest absolute Gasteiger partial charge is 0.487 e. The molecule has 4 unspecified atom stereocenters. The molecule has 0 saturated heterocycles. The first-order chi connectivity index (χ1) is 24.7. The van der Waals surface area contributed by atoms with Crippen LogP contribution in [-0.2, 0) is 0 Å². The Hall–Kier alpha value is -4.77. The maximum atomic E-state index is 6.83. The second-order valence-corrected chi connectivity index (χ2v) is 16.5. The number of benzene rings is 5. The Labute approximate surface area is 302 Å². The van der Waals surface area contributed by atoms with E-state index in [4.69, 9.17) is 4.74 Å². The molecule has 0 aromatic heterocycles. The van der Waals surface area contributed by atoms with Crippen molar-refractivity contribution in [1.82, 2.24) is 0 Å². The maximum Gasteiger partial charge on any atom is 0.147 e. The molecule has 244 valence electrons. The molecule has 2 nitrogen and oxygen atoms in total. The lowest BCUT2D eigenvalue weighted by atomic mass is 9.88. The highest BCUT2D eigenvalue weighted by Crippen LogP contribution is 2.53. The highest BCUT2D eigenvalue weighted by molar-refractivity contribution is 8.00. The number of thioether (sulfide) groups is 1. The summed E-state index contributed by atoms with van der Waals surface area (Å²) in [5.41, 5.74) is 11.9. The van der Waals surface area contributed by atoms with E-state index in [2.05, 4.69) is 151 Å². The first-order valence-electron chi connectivity index (χ1n) is 18.1. The molecule has 2 heterocycles. The quantitative estimate of drug-likeness (QED) is 0.135. The van der Waals surface area contributed by atoms with Gasteiger partial charge in [0.2, 0.25) is 0 Å². The van der Waals surface area contributed by atoms with Gasteiger partial charge in [0, 0.05) is 49.2 Å². The third-order valence-corrected chi connectivity index (χ3v) is 13.5. The summed E-state index contributed by atoms with van der Waals surface area (Å²) in [6.07, 6.45) is 22.9. The Morgan fingerprint density at radius 3 is 2.46 bits per heavy atom. The third-order valence-electron chi connectivity index (χ3n) is 11.3. The Balaban J connectivity index is 1.06. The summed E-state index contributed by atoms with van der Waals surface area (Å²) >= 11 is 2.04. The van der Waals surface area contributed by atoms with Crippen molar-refractivity contribution in [2.75, 3.05) is 4.90 Å². The maximum absolute atomic E-state index is 6.83. The van der Waals surface area contributed by atoms with Crippen molar-refractivity contribution in [2.45, 2.75) is 53.8 Å². The van der Waals surface area contributed by atoms with Gasteiger partial charge >= 0.3 is 0 Å². The smallest absolute Gasteiger partial charge is 0.147 e. The SMILES string of the molecule is [SiH3]c1ccc2c(c1-c1ccc(N(C3=CC=C(c4ccc5ccccc5c4)CC3)c3cccc4c3OC3CCC=CC43)cc1)SC1C=CC=CC21. The second kappa shape index (κ2) is 12.2. The average Bonchev–Trinajstić information content (AvgIpc) is 3.74. The third kappa shape index (κ3) is 4.99. The van der Waals surface area contributed by atoms with E-state index in [9.17, 15) is 0 Å². The molecule has 0 spiro atoms. The Kier molecular flexibility index (Phi) is 7.35. The molecule has 0 saturated carbocycles. The fourth-order valence-corrected chi connectivity index (χ4v) is 11.2. The number of anilines is 2. The number of hydrogen-bond acceptors (Lipinski definition) is 3. The van der Waals surface area contributed by atoms with Crippen molar-refractivity contribution in [3.8, 4) is 16.9 Å². The zero-order chi connectivity index (χ0) is 33.2. The van der Waals surface area contributed by atoms with Gasteiger partial charge in [-0.05, 0) is 94.6 Å². The first kappa shape index (κ1) is 30.1. The monoisotopic (exact) mass is 681 g/mol. The van der Waals surface area contributed by atoms with Gasteiger partial charge in [-0.1, -0.05) is 121 Å². The molecule has 5 aromatic rings. The molecular formula is C46H39NOSSi. The number of nitrogens with zero attached hydrogens (tertiary/aromatic N) is 1. The van der Waals surface area contributed by atoms with E-state index in [1.807, 2.05) is 11.8 Å². The fourth-order valence-electron chi connectivity index (χ4n) is 8.74. The van der Waals surface area contributed by atoms with Gasteiger partial charge in [0.1, 0.15) is 11.9 Å². The molecule has 0 N–H and O–H groups in total. The Bertz CT molecular complexity index is 2330. The predicted molar refractivity (Wildman–Crippen MR) is 215 cm³/mol. The molecule has 2 aliphatic heterocycles. The summed E-state index contributed by atoms with van der Waals surface area (Å²) in [6.45, 7) is 0. The van der Waals surface area contributed by atoms with Gasteiger partial charge in [-0.25, -0.2) is 0 Å². The summed E-state index contributed by atoms with van der Waals surface area (Å²) in [4.78, 5) is 3.95. The van der Waals surface area contributed by atoms with Crippen LogP contribution in [0.5, 0.6) is 5.75 Å². The molecule has 5 aliphatic rings. The molecule has 10 rings (SSSR count). The molecular weight excluding hydrogens is 643 g/mol. The fraction of sp³-hybridized carbons (Fsp3) is 0.174. The standard InChI is InChI=1S/C46H39NOSSi/c50-43-27-26-39-37-11-4-6-15-42(37)49-46(39)44(43)31-20-24-35(25-21-31)47(40-13-7-12-38-36-10-3-5-14-41(36)48-45(38)40)34-22-18-30(19-23-34)33-17-16-29-8-1-2-9-32(29)28-33/h1-4,6-13,15-18,20-22,24-28,36-37,41-42H,5,14,19,23H2,50H3. The lowest BCUT2D eigenvalue weighted by molar-refractivity contribution is 0.205. The minimum atomic E-state index is 0.221. The van der Waals surface area contributed by atoms with Crippen molar-refractivity contribution in [3.63, 3.8) is 0 Å². The van der Waals surface area contributed by atoms with Crippen LogP contribution in [-0.4, -0.2) is 21.6 Å². The van der Waals surface area contributed by atoms with Gasteiger partial charge in [0.05, 0.1) is 5.69 Å². The molecule has 4 atom stereocenters. The average molecular weight is 682 g/mol. The lowest BCUT2D eigenvalue weighted by Gasteiger charge is -2.31. The van der Waals surface area contributed by atoms with Crippen molar-refractivity contribution >= 4 is 54.9 Å². The summed E-state index contributed by atoms with van der Waals surface area (Å²) < 4.78 is 6.83. The summed E-state index contributed by atoms with van der Waals surface area (Å²) in [6, 6.07) is 36.4. The van der Waals surface area contributed by atoms with Gasteiger partial charge in [-0.3, -0.25) is 0 Å². The molecule has 0 amide bonds. The molecule has 4 heteroatoms. The normalized spacial score (nSPS) is 22.7. The highest BCUT2D eigenvalue weighted by atomic mass is 32.2. The van der Waals surface area contributed by atoms with Gasteiger partial charge < -0.3 is 9.64 Å². The molecule has 50 heavy (non-hydrogen) atoms. The lowest BCUT2D eigenvalue weighted by Crippen LogP contribution is -2.20. The van der Waals surface area contributed by atoms with Crippen LogP contribution >= 0.6 is 11.8 Å². The molecule has 0 bridgehead atoms. The molecule has 0 fully saturated rings. The highest BCUT2D eigenvalue weighted by Gasteiger charge is 2.37.